The summed E-state index contributed by atoms with van der Waals surface area (Å²) in [6, 6.07) is 0. The lowest BCUT2D eigenvalue weighted by Crippen LogP contribution is -2.38. The summed E-state index contributed by atoms with van der Waals surface area (Å²) >= 11 is 0. The van der Waals surface area contributed by atoms with E-state index in [1.54, 1.807) is 0 Å². The Hall–Kier alpha value is -0.590. The molecule has 0 spiro atoms. The van der Waals surface area contributed by atoms with Gasteiger partial charge in [-0.15, -0.1) is 0 Å². The highest BCUT2D eigenvalue weighted by molar-refractivity contribution is 5.82. The molecule has 1 fully saturated rings. The van der Waals surface area contributed by atoms with Crippen molar-refractivity contribution in [1.82, 2.24) is 0 Å². The molecule has 2 aliphatic carbocycles. The van der Waals surface area contributed by atoms with E-state index in [2.05, 4.69) is 26.8 Å². The van der Waals surface area contributed by atoms with E-state index in [1.165, 1.54) is 5.57 Å². The maximum atomic E-state index is 11.9. The Labute approximate surface area is 92.9 Å². The fourth-order valence-corrected chi connectivity index (χ4v) is 3.37. The Balaban J connectivity index is 2.24. The molecule has 0 aliphatic heterocycles. The number of hydrogen-bond donors (Lipinski definition) is 0. The van der Waals surface area contributed by atoms with E-state index in [4.69, 9.17) is 0 Å². The minimum atomic E-state index is 0.356. The van der Waals surface area contributed by atoms with Gasteiger partial charge >= 0.3 is 0 Å². The van der Waals surface area contributed by atoms with Gasteiger partial charge in [0.05, 0.1) is 0 Å². The number of rotatable bonds is 1. The molecule has 0 aromatic carbocycles. The first-order valence-electron chi connectivity index (χ1n) is 6.29. The average Bonchev–Trinajstić information content (AvgIpc) is 2.17. The Bertz CT molecular complexity index is 288. The van der Waals surface area contributed by atoms with Crippen molar-refractivity contribution in [2.24, 2.45) is 23.7 Å². The summed E-state index contributed by atoms with van der Waals surface area (Å²) in [5, 5.41) is 0. The zero-order chi connectivity index (χ0) is 11.0. The van der Waals surface area contributed by atoms with Gasteiger partial charge in [-0.1, -0.05) is 25.5 Å². The number of fused-ring (bicyclic) bond motifs is 1. The van der Waals surface area contributed by atoms with E-state index in [0.29, 0.717) is 23.5 Å². The van der Waals surface area contributed by atoms with Gasteiger partial charge in [0.25, 0.3) is 0 Å². The van der Waals surface area contributed by atoms with Gasteiger partial charge in [-0.25, -0.2) is 0 Å². The molecule has 0 unspecified atom stereocenters. The minimum Gasteiger partial charge on any atom is -0.299 e. The Kier molecular flexibility index (Phi) is 2.99. The van der Waals surface area contributed by atoms with Crippen molar-refractivity contribution in [3.8, 4) is 0 Å². The Morgan fingerprint density at radius 1 is 1.27 bits per heavy atom. The molecule has 1 heteroatoms. The van der Waals surface area contributed by atoms with Gasteiger partial charge in [0.2, 0.25) is 0 Å². The normalized spacial score (nSPS) is 36.4. The lowest BCUT2D eigenvalue weighted by Gasteiger charge is -2.40. The molecular weight excluding hydrogens is 184 g/mol. The van der Waals surface area contributed by atoms with Crippen molar-refractivity contribution < 1.29 is 4.79 Å². The van der Waals surface area contributed by atoms with Crippen LogP contribution in [0.2, 0.25) is 0 Å². The molecule has 0 saturated heterocycles. The summed E-state index contributed by atoms with van der Waals surface area (Å²) in [7, 11) is 0. The topological polar surface area (TPSA) is 17.1 Å². The lowest BCUT2D eigenvalue weighted by atomic mass is 9.63. The highest BCUT2D eigenvalue weighted by Gasteiger charge is 2.39. The summed E-state index contributed by atoms with van der Waals surface area (Å²) in [6.07, 6.45) is 6.58. The second kappa shape index (κ2) is 4.11. The molecule has 1 nitrogen and oxygen atoms in total. The largest absolute Gasteiger partial charge is 0.299 e. The second-order valence-corrected chi connectivity index (χ2v) is 5.65. The summed E-state index contributed by atoms with van der Waals surface area (Å²) in [5.74, 6) is 2.89. The van der Waals surface area contributed by atoms with Gasteiger partial charge in [0.15, 0.2) is 0 Å². The predicted molar refractivity (Wildman–Crippen MR) is 62.5 cm³/mol. The monoisotopic (exact) mass is 206 g/mol. The van der Waals surface area contributed by atoms with Crippen LogP contribution >= 0.6 is 0 Å². The number of carbonyl (C=O) groups is 1. The van der Waals surface area contributed by atoms with Crippen molar-refractivity contribution >= 4 is 5.78 Å². The number of Topliss-reactive ketones (excluding diaryl/α,β-unsaturated/α-hetero) is 1. The van der Waals surface area contributed by atoms with Gasteiger partial charge in [-0.05, 0) is 43.9 Å². The van der Waals surface area contributed by atoms with Crippen LogP contribution in [-0.2, 0) is 4.79 Å². The Morgan fingerprint density at radius 3 is 2.67 bits per heavy atom. The summed E-state index contributed by atoms with van der Waals surface area (Å²) in [6.45, 7) is 6.82. The number of ketones is 1. The van der Waals surface area contributed by atoms with Crippen LogP contribution in [0.4, 0.5) is 0 Å². The maximum absolute atomic E-state index is 11.9. The van der Waals surface area contributed by atoms with Crippen LogP contribution in [0.5, 0.6) is 0 Å². The van der Waals surface area contributed by atoms with Crippen molar-refractivity contribution in [3.05, 3.63) is 11.6 Å². The van der Waals surface area contributed by atoms with Crippen LogP contribution in [0, 0.1) is 23.7 Å². The molecule has 2 aliphatic rings. The Morgan fingerprint density at radius 2 is 2.00 bits per heavy atom. The molecule has 0 N–H and O–H groups in total. The van der Waals surface area contributed by atoms with Crippen molar-refractivity contribution in [2.75, 3.05) is 0 Å². The van der Waals surface area contributed by atoms with Crippen LogP contribution < -0.4 is 0 Å². The summed E-state index contributed by atoms with van der Waals surface area (Å²) in [4.78, 5) is 11.9. The highest BCUT2D eigenvalue weighted by atomic mass is 16.1. The zero-order valence-corrected chi connectivity index (χ0v) is 10.1. The van der Waals surface area contributed by atoms with Crippen LogP contribution in [0.15, 0.2) is 11.6 Å². The molecule has 0 aromatic heterocycles. The van der Waals surface area contributed by atoms with Gasteiger partial charge in [-0.2, -0.15) is 0 Å². The third-order valence-electron chi connectivity index (χ3n) is 4.28. The molecule has 0 heterocycles. The van der Waals surface area contributed by atoms with Gasteiger partial charge in [0, 0.05) is 12.3 Å². The van der Waals surface area contributed by atoms with Crippen LogP contribution in [0.1, 0.15) is 46.5 Å². The first-order chi connectivity index (χ1) is 7.09. The molecule has 0 bridgehead atoms. The molecule has 84 valence electrons. The van der Waals surface area contributed by atoms with Crippen LogP contribution in [0.25, 0.3) is 0 Å². The molecular formula is C14H22O. The fraction of sp³-hybridized carbons (Fsp3) is 0.786. The zero-order valence-electron chi connectivity index (χ0n) is 10.1. The predicted octanol–water partition coefficient (Wildman–Crippen LogP) is 3.59. The number of carbonyl (C=O) groups excluding carboxylic acids is 1. The first-order valence-corrected chi connectivity index (χ1v) is 6.29. The summed E-state index contributed by atoms with van der Waals surface area (Å²) < 4.78 is 0. The lowest BCUT2D eigenvalue weighted by molar-refractivity contribution is -0.128. The first kappa shape index (κ1) is 10.9. The standard InChI is InChI=1S/C14H22O/c1-9(2)11-6-7-14(15)12-5-4-10(3)8-13(11)12/h8-9,11-13H,4-7H2,1-3H3/t11-,12-,13+/m0/s1. The van der Waals surface area contributed by atoms with E-state index in [-0.39, 0.29) is 0 Å². The molecule has 0 radical (unpaired) electrons. The van der Waals surface area contributed by atoms with E-state index in [1.807, 2.05) is 0 Å². The smallest absolute Gasteiger partial charge is 0.136 e. The quantitative estimate of drug-likeness (QED) is 0.599. The van der Waals surface area contributed by atoms with Crippen LogP contribution in [0.3, 0.4) is 0 Å². The molecule has 0 amide bonds. The molecule has 2 rings (SSSR count). The van der Waals surface area contributed by atoms with Crippen molar-refractivity contribution in [1.29, 1.82) is 0 Å². The number of hydrogen-bond acceptors (Lipinski definition) is 1. The molecule has 0 aromatic rings. The SMILES string of the molecule is CC1=C[C@H]2[C@H](CC1)C(=O)CC[C@H]2C(C)C. The van der Waals surface area contributed by atoms with Crippen molar-refractivity contribution in [3.63, 3.8) is 0 Å². The highest BCUT2D eigenvalue weighted by Crippen LogP contribution is 2.43. The van der Waals surface area contributed by atoms with Gasteiger partial charge in [-0.3, -0.25) is 4.79 Å². The van der Waals surface area contributed by atoms with E-state index in [9.17, 15) is 4.79 Å². The second-order valence-electron chi connectivity index (χ2n) is 5.65. The van der Waals surface area contributed by atoms with E-state index < -0.39 is 0 Å². The fourth-order valence-electron chi connectivity index (χ4n) is 3.37. The summed E-state index contributed by atoms with van der Waals surface area (Å²) in [5.41, 5.74) is 1.50. The van der Waals surface area contributed by atoms with Gasteiger partial charge in [0.1, 0.15) is 5.78 Å². The average molecular weight is 206 g/mol. The molecule has 15 heavy (non-hydrogen) atoms. The van der Waals surface area contributed by atoms with Crippen LogP contribution in [-0.4, -0.2) is 5.78 Å². The third kappa shape index (κ3) is 2.02. The van der Waals surface area contributed by atoms with Crippen molar-refractivity contribution in [2.45, 2.75) is 46.5 Å². The third-order valence-corrected chi connectivity index (χ3v) is 4.28. The van der Waals surface area contributed by atoms with Gasteiger partial charge < -0.3 is 0 Å². The van der Waals surface area contributed by atoms with E-state index in [0.717, 1.165) is 31.6 Å². The number of allylic oxidation sites excluding steroid dienone is 2. The van der Waals surface area contributed by atoms with E-state index >= 15 is 0 Å². The molecule has 3 atom stereocenters. The molecule has 1 saturated carbocycles. The minimum absolute atomic E-state index is 0.356. The maximum Gasteiger partial charge on any atom is 0.136 e.